The molecule has 9 heteroatoms. The lowest BCUT2D eigenvalue weighted by Crippen LogP contribution is -2.12. The van der Waals surface area contributed by atoms with Crippen LogP contribution in [0.5, 0.6) is 5.75 Å². The fraction of sp³-hybridized carbons (Fsp3) is 0.0667. The van der Waals surface area contributed by atoms with E-state index in [2.05, 4.69) is 26.2 Å². The standard InChI is InChI=1S/C15H9BrCl2N2O2S2/c1-22-7-2-3-10(16)8(4-7)14(21)20-15-19-11(6-23-15)9-5-12(17)24-13(9)18/h2-6H,1H3,(H,19,20,21). The Morgan fingerprint density at radius 3 is 2.79 bits per heavy atom. The largest absolute Gasteiger partial charge is 0.497 e. The van der Waals surface area contributed by atoms with Gasteiger partial charge in [0.1, 0.15) is 10.1 Å². The Bertz CT molecular complexity index is 911. The minimum atomic E-state index is -0.281. The highest BCUT2D eigenvalue weighted by Gasteiger charge is 2.16. The third kappa shape index (κ3) is 3.75. The molecule has 0 aliphatic heterocycles. The monoisotopic (exact) mass is 462 g/mol. The zero-order chi connectivity index (χ0) is 17.3. The molecule has 2 heterocycles. The summed E-state index contributed by atoms with van der Waals surface area (Å²) in [6.07, 6.45) is 0. The molecule has 3 aromatic rings. The summed E-state index contributed by atoms with van der Waals surface area (Å²) >= 11 is 18.0. The van der Waals surface area contributed by atoms with Crippen molar-refractivity contribution in [2.45, 2.75) is 0 Å². The average molecular weight is 464 g/mol. The summed E-state index contributed by atoms with van der Waals surface area (Å²) < 4.78 is 6.98. The lowest BCUT2D eigenvalue weighted by molar-refractivity contribution is 0.102. The number of carbonyl (C=O) groups excluding carboxylic acids is 1. The fourth-order valence-corrected chi connectivity index (χ4v) is 4.55. The molecule has 0 atom stereocenters. The van der Waals surface area contributed by atoms with E-state index in [1.54, 1.807) is 31.4 Å². The molecule has 0 saturated carbocycles. The van der Waals surface area contributed by atoms with E-state index in [4.69, 9.17) is 27.9 Å². The van der Waals surface area contributed by atoms with Gasteiger partial charge >= 0.3 is 0 Å². The molecule has 3 rings (SSSR count). The number of nitrogens with one attached hydrogen (secondary N) is 1. The lowest BCUT2D eigenvalue weighted by atomic mass is 10.2. The average Bonchev–Trinajstić information content (AvgIpc) is 3.13. The maximum atomic E-state index is 12.4. The summed E-state index contributed by atoms with van der Waals surface area (Å²) in [4.78, 5) is 16.8. The highest BCUT2D eigenvalue weighted by Crippen LogP contribution is 2.39. The van der Waals surface area contributed by atoms with Gasteiger partial charge in [-0.25, -0.2) is 4.98 Å². The van der Waals surface area contributed by atoms with Crippen molar-refractivity contribution >= 4 is 72.8 Å². The van der Waals surface area contributed by atoms with Crippen LogP contribution in [0, 0.1) is 0 Å². The van der Waals surface area contributed by atoms with Gasteiger partial charge in [0, 0.05) is 15.4 Å². The van der Waals surface area contributed by atoms with E-state index in [0.717, 1.165) is 5.56 Å². The highest BCUT2D eigenvalue weighted by atomic mass is 79.9. The number of thiazole rings is 1. The van der Waals surface area contributed by atoms with Crippen LogP contribution in [0.2, 0.25) is 8.67 Å². The second-order valence-electron chi connectivity index (χ2n) is 4.58. The predicted octanol–water partition coefficient (Wildman–Crippen LogP) is 6.20. The van der Waals surface area contributed by atoms with Crippen LogP contribution in [0.25, 0.3) is 11.3 Å². The molecular weight excluding hydrogens is 455 g/mol. The third-order valence-corrected chi connectivity index (χ3v) is 6.01. The van der Waals surface area contributed by atoms with Crippen LogP contribution in [0.3, 0.4) is 0 Å². The molecule has 4 nitrogen and oxygen atoms in total. The summed E-state index contributed by atoms with van der Waals surface area (Å²) in [6, 6.07) is 6.94. The van der Waals surface area contributed by atoms with Crippen molar-refractivity contribution in [1.29, 1.82) is 0 Å². The minimum absolute atomic E-state index is 0.281. The molecule has 0 unspecified atom stereocenters. The fourth-order valence-electron chi connectivity index (χ4n) is 1.94. The number of rotatable bonds is 4. The van der Waals surface area contributed by atoms with Gasteiger partial charge in [-0.2, -0.15) is 0 Å². The third-order valence-electron chi connectivity index (χ3n) is 3.08. The zero-order valence-corrected chi connectivity index (χ0v) is 16.8. The van der Waals surface area contributed by atoms with E-state index in [0.29, 0.717) is 35.3 Å². The van der Waals surface area contributed by atoms with E-state index in [9.17, 15) is 4.79 Å². The Balaban J connectivity index is 1.82. The molecule has 0 aliphatic carbocycles. The van der Waals surface area contributed by atoms with Crippen molar-refractivity contribution in [2.24, 2.45) is 0 Å². The van der Waals surface area contributed by atoms with Crippen molar-refractivity contribution in [3.05, 3.63) is 48.4 Å². The zero-order valence-electron chi connectivity index (χ0n) is 12.1. The molecule has 24 heavy (non-hydrogen) atoms. The first kappa shape index (κ1) is 17.7. The Morgan fingerprint density at radius 2 is 2.12 bits per heavy atom. The summed E-state index contributed by atoms with van der Waals surface area (Å²) in [5.74, 6) is 0.319. The van der Waals surface area contributed by atoms with Crippen molar-refractivity contribution < 1.29 is 9.53 Å². The smallest absolute Gasteiger partial charge is 0.258 e. The van der Waals surface area contributed by atoms with Crippen LogP contribution in [0.15, 0.2) is 34.1 Å². The lowest BCUT2D eigenvalue weighted by Gasteiger charge is -2.06. The number of hydrogen-bond donors (Lipinski definition) is 1. The molecule has 0 bridgehead atoms. The van der Waals surface area contributed by atoms with Gasteiger partial charge in [0.25, 0.3) is 5.91 Å². The first-order chi connectivity index (χ1) is 11.5. The van der Waals surface area contributed by atoms with Gasteiger partial charge in [-0.15, -0.1) is 22.7 Å². The molecule has 124 valence electrons. The maximum absolute atomic E-state index is 12.4. The molecular formula is C15H9BrCl2N2O2S2. The normalized spacial score (nSPS) is 10.7. The van der Waals surface area contributed by atoms with Crippen molar-refractivity contribution in [3.8, 4) is 17.0 Å². The number of halogens is 3. The Morgan fingerprint density at radius 1 is 1.33 bits per heavy atom. The van der Waals surface area contributed by atoms with Crippen molar-refractivity contribution in [2.75, 3.05) is 12.4 Å². The Hall–Kier alpha value is -1.12. The molecule has 0 radical (unpaired) electrons. The molecule has 0 fully saturated rings. The number of aromatic nitrogens is 1. The van der Waals surface area contributed by atoms with Crippen LogP contribution in [-0.2, 0) is 0 Å². The number of methoxy groups -OCH3 is 1. The van der Waals surface area contributed by atoms with E-state index in [1.165, 1.54) is 22.7 Å². The Kier molecular flexibility index (Phi) is 5.46. The van der Waals surface area contributed by atoms with E-state index < -0.39 is 0 Å². The number of carbonyl (C=O) groups is 1. The number of amides is 1. The van der Waals surface area contributed by atoms with Crippen molar-refractivity contribution in [1.82, 2.24) is 4.98 Å². The Labute approximate surface area is 164 Å². The van der Waals surface area contributed by atoms with Crippen LogP contribution in [0.4, 0.5) is 5.13 Å². The van der Waals surface area contributed by atoms with Gasteiger partial charge in [-0.05, 0) is 40.2 Å². The number of ether oxygens (including phenoxy) is 1. The second kappa shape index (κ2) is 7.41. The number of hydrogen-bond acceptors (Lipinski definition) is 5. The number of benzene rings is 1. The van der Waals surface area contributed by atoms with Gasteiger partial charge in [-0.1, -0.05) is 23.2 Å². The molecule has 1 N–H and O–H groups in total. The molecule has 0 aliphatic rings. The van der Waals surface area contributed by atoms with Gasteiger partial charge in [0.05, 0.1) is 22.7 Å². The molecule has 2 aromatic heterocycles. The SMILES string of the molecule is COc1ccc(Br)c(C(=O)Nc2nc(-c3cc(Cl)sc3Cl)cs2)c1. The highest BCUT2D eigenvalue weighted by molar-refractivity contribution is 9.10. The first-order valence-corrected chi connectivity index (χ1v) is 9.78. The summed E-state index contributed by atoms with van der Waals surface area (Å²) in [6.45, 7) is 0. The number of nitrogens with zero attached hydrogens (tertiary/aromatic N) is 1. The summed E-state index contributed by atoms with van der Waals surface area (Å²) in [5, 5.41) is 5.07. The molecule has 0 saturated heterocycles. The van der Waals surface area contributed by atoms with Crippen molar-refractivity contribution in [3.63, 3.8) is 0 Å². The van der Waals surface area contributed by atoms with Crippen LogP contribution >= 0.6 is 61.8 Å². The van der Waals surface area contributed by atoms with Crippen LogP contribution in [0.1, 0.15) is 10.4 Å². The van der Waals surface area contributed by atoms with Gasteiger partial charge < -0.3 is 4.74 Å². The summed E-state index contributed by atoms with van der Waals surface area (Å²) in [7, 11) is 1.55. The maximum Gasteiger partial charge on any atom is 0.258 e. The second-order valence-corrected chi connectivity index (χ2v) is 8.57. The topological polar surface area (TPSA) is 51.2 Å². The van der Waals surface area contributed by atoms with Gasteiger partial charge in [-0.3, -0.25) is 10.1 Å². The first-order valence-electron chi connectivity index (χ1n) is 6.53. The van der Waals surface area contributed by atoms with Crippen LogP contribution in [-0.4, -0.2) is 18.0 Å². The number of anilines is 1. The number of thiophene rings is 1. The molecule has 1 amide bonds. The van der Waals surface area contributed by atoms with Gasteiger partial charge in [0.15, 0.2) is 5.13 Å². The quantitative estimate of drug-likeness (QED) is 0.500. The molecule has 0 spiro atoms. The van der Waals surface area contributed by atoms with E-state index >= 15 is 0 Å². The predicted molar refractivity (Wildman–Crippen MR) is 104 cm³/mol. The van der Waals surface area contributed by atoms with E-state index in [1.807, 2.05) is 5.38 Å². The van der Waals surface area contributed by atoms with Crippen LogP contribution < -0.4 is 10.1 Å². The van der Waals surface area contributed by atoms with E-state index in [-0.39, 0.29) is 5.91 Å². The molecule has 1 aromatic carbocycles. The van der Waals surface area contributed by atoms with Gasteiger partial charge in [0.2, 0.25) is 0 Å². The minimum Gasteiger partial charge on any atom is -0.497 e. The summed E-state index contributed by atoms with van der Waals surface area (Å²) in [5.41, 5.74) is 1.89.